The SMILES string of the molecule is O=P(O)(O)OCC1OC(O)C(OP(=O)(O)O)[C@@H](OP(=O)(O)O)[C@@H]1O[C@@H]1OC(COP(=O)(O)O)[C@H](OP(=O)(O)O)[C@H](OP(=O)(O)O)C1OP(=O)(O)O. The molecular weight excluding hydrogens is 873 g/mol. The second-order valence-corrected chi connectivity index (χ2v) is 18.0. The van der Waals surface area contributed by atoms with E-state index in [1.54, 1.807) is 0 Å². The molecule has 304 valence electrons. The topological polar surface area (TPSA) is 515 Å². The van der Waals surface area contributed by atoms with Crippen LogP contribution in [0.2, 0.25) is 0 Å². The molecule has 2 aliphatic heterocycles. The molecule has 2 saturated heterocycles. The molecule has 2 fully saturated rings. The van der Waals surface area contributed by atoms with Crippen LogP contribution in [0.3, 0.4) is 0 Å². The highest BCUT2D eigenvalue weighted by Crippen LogP contribution is 2.53. The minimum absolute atomic E-state index is 1.58. The van der Waals surface area contributed by atoms with Crippen molar-refractivity contribution in [3.05, 3.63) is 0 Å². The van der Waals surface area contributed by atoms with Crippen LogP contribution in [-0.2, 0) is 77.8 Å². The van der Waals surface area contributed by atoms with Crippen molar-refractivity contribution in [2.45, 2.75) is 61.4 Å². The summed E-state index contributed by atoms with van der Waals surface area (Å²) in [5, 5.41) is 10.4. The van der Waals surface area contributed by atoms with E-state index >= 15 is 0 Å². The van der Waals surface area contributed by atoms with E-state index in [2.05, 4.69) is 31.7 Å². The summed E-state index contributed by atoms with van der Waals surface area (Å²) in [6.07, 6.45) is -28.3. The van der Waals surface area contributed by atoms with Gasteiger partial charge in [0, 0.05) is 0 Å². The first-order valence-corrected chi connectivity index (χ1v) is 23.0. The lowest BCUT2D eigenvalue weighted by Gasteiger charge is -2.49. The fourth-order valence-corrected chi connectivity index (χ4v) is 7.64. The van der Waals surface area contributed by atoms with Gasteiger partial charge in [-0.1, -0.05) is 0 Å². The van der Waals surface area contributed by atoms with Crippen LogP contribution >= 0.6 is 54.8 Å². The van der Waals surface area contributed by atoms with Gasteiger partial charge in [-0.15, -0.1) is 0 Å². The van der Waals surface area contributed by atoms with Gasteiger partial charge in [-0.25, -0.2) is 32.0 Å². The lowest BCUT2D eigenvalue weighted by Crippen LogP contribution is -2.65. The summed E-state index contributed by atoms with van der Waals surface area (Å²) < 4.78 is 127. The fraction of sp³-hybridized carbons (Fsp3) is 1.00. The van der Waals surface area contributed by atoms with E-state index in [4.69, 9.17) is 33.8 Å². The Morgan fingerprint density at radius 2 is 0.706 bits per heavy atom. The van der Waals surface area contributed by atoms with Crippen molar-refractivity contribution in [2.24, 2.45) is 0 Å². The predicted molar refractivity (Wildman–Crippen MR) is 145 cm³/mol. The van der Waals surface area contributed by atoms with Crippen LogP contribution in [0.5, 0.6) is 0 Å². The number of aliphatic hydroxyl groups excluding tert-OH is 1. The molecule has 2 rings (SSSR count). The minimum atomic E-state index is -6.10. The van der Waals surface area contributed by atoms with Crippen molar-refractivity contribution in [3.8, 4) is 0 Å². The van der Waals surface area contributed by atoms with Crippen LogP contribution < -0.4 is 0 Å². The molecule has 0 aromatic rings. The molecule has 15 N–H and O–H groups in total. The van der Waals surface area contributed by atoms with E-state index in [1.807, 2.05) is 0 Å². The average molecular weight is 902 g/mol. The Hall–Kier alpha value is 0.610. The van der Waals surface area contributed by atoms with Crippen molar-refractivity contribution in [1.29, 1.82) is 0 Å². The molecule has 51 heavy (non-hydrogen) atoms. The third-order valence-corrected chi connectivity index (χ3v) is 9.16. The van der Waals surface area contributed by atoms with E-state index in [1.165, 1.54) is 0 Å². The Morgan fingerprint density at radius 1 is 0.392 bits per heavy atom. The zero-order valence-corrected chi connectivity index (χ0v) is 30.2. The molecule has 0 amide bonds. The molecule has 10 atom stereocenters. The van der Waals surface area contributed by atoms with Gasteiger partial charge in [-0.2, -0.15) is 0 Å². The summed E-state index contributed by atoms with van der Waals surface area (Å²) in [5.41, 5.74) is 0. The number of aliphatic hydroxyl groups is 1. The standard InChI is InChI=1S/C12H29O32P7/c13-11-9(43-50(29,30)31)7(41-48(23,24)25)5(3(37-11)1-35-45(14,15)16)39-12-10(44-51(32,33)34)8(42-49(26,27)28)6(40-47(20,21)22)4(38-12)2-36-46(17,18)19/h3-13H,1-2H2,(H2,14,15,16)(H2,17,18,19)(H2,20,21,22)(H2,23,24,25)(H2,26,27,28)(H2,29,30,31)(H2,32,33,34)/t3?,4?,5-,6+,7+,8+,9?,10?,11?,12+/m1/s1. The smallest absolute Gasteiger partial charge is 0.366 e. The normalized spacial score (nSPS) is 32.2. The maximum Gasteiger partial charge on any atom is 0.470 e. The van der Waals surface area contributed by atoms with E-state index in [-0.39, 0.29) is 0 Å². The molecule has 2 heterocycles. The van der Waals surface area contributed by atoms with Gasteiger partial charge in [-0.3, -0.25) is 31.7 Å². The van der Waals surface area contributed by atoms with Gasteiger partial charge in [0.15, 0.2) is 12.6 Å². The summed E-state index contributed by atoms with van der Waals surface area (Å²) in [5.74, 6) is 0. The van der Waals surface area contributed by atoms with Gasteiger partial charge < -0.3 is 87.8 Å². The van der Waals surface area contributed by atoms with Gasteiger partial charge in [0.05, 0.1) is 13.2 Å². The van der Waals surface area contributed by atoms with Crippen molar-refractivity contribution in [3.63, 3.8) is 0 Å². The van der Waals surface area contributed by atoms with E-state index in [0.29, 0.717) is 0 Å². The zero-order chi connectivity index (χ0) is 39.8. The molecule has 0 aliphatic carbocycles. The maximum absolute atomic E-state index is 12.0. The van der Waals surface area contributed by atoms with Crippen LogP contribution in [0.4, 0.5) is 0 Å². The van der Waals surface area contributed by atoms with Crippen molar-refractivity contribution in [2.75, 3.05) is 13.2 Å². The predicted octanol–water partition coefficient (Wildman–Crippen LogP) is -4.58. The summed E-state index contributed by atoms with van der Waals surface area (Å²) in [7, 11) is -41.2. The second kappa shape index (κ2) is 17.4. The van der Waals surface area contributed by atoms with Gasteiger partial charge in [0.1, 0.15) is 48.8 Å². The summed E-state index contributed by atoms with van der Waals surface area (Å²) in [6, 6.07) is 0. The van der Waals surface area contributed by atoms with Crippen molar-refractivity contribution >= 4 is 54.8 Å². The summed E-state index contributed by atoms with van der Waals surface area (Å²) in [4.78, 5) is 131. The fourth-order valence-electron chi connectivity index (χ4n) is 4.20. The number of hydrogen-bond donors (Lipinski definition) is 15. The maximum atomic E-state index is 12.0. The van der Waals surface area contributed by atoms with Crippen LogP contribution in [0.25, 0.3) is 0 Å². The van der Waals surface area contributed by atoms with Gasteiger partial charge in [-0.05, 0) is 0 Å². The molecule has 2 aliphatic rings. The highest BCUT2D eigenvalue weighted by Gasteiger charge is 2.59. The summed E-state index contributed by atoms with van der Waals surface area (Å²) in [6.45, 7) is -3.25. The van der Waals surface area contributed by atoms with Crippen molar-refractivity contribution in [1.82, 2.24) is 0 Å². The van der Waals surface area contributed by atoms with Gasteiger partial charge in [0.2, 0.25) is 0 Å². The largest absolute Gasteiger partial charge is 0.470 e. The van der Waals surface area contributed by atoms with Crippen molar-refractivity contribution < 1.29 is 151 Å². The number of ether oxygens (including phenoxy) is 3. The molecule has 39 heteroatoms. The monoisotopic (exact) mass is 902 g/mol. The third kappa shape index (κ3) is 18.0. The highest BCUT2D eigenvalue weighted by atomic mass is 31.2. The Labute approximate surface area is 281 Å². The van der Waals surface area contributed by atoms with Gasteiger partial charge in [0.25, 0.3) is 0 Å². The molecule has 0 saturated carbocycles. The van der Waals surface area contributed by atoms with E-state index in [0.717, 1.165) is 0 Å². The van der Waals surface area contributed by atoms with Crippen LogP contribution in [0.15, 0.2) is 0 Å². The number of rotatable bonds is 18. The first-order valence-electron chi connectivity index (χ1n) is 12.3. The van der Waals surface area contributed by atoms with E-state index < -0.39 is 129 Å². The number of phosphoric acid groups is 7. The molecule has 5 unspecified atom stereocenters. The van der Waals surface area contributed by atoms with E-state index in [9.17, 15) is 86.0 Å². The Morgan fingerprint density at radius 3 is 1.08 bits per heavy atom. The average Bonchev–Trinajstić information content (AvgIpc) is 2.84. The Bertz CT molecular complexity index is 1510. The lowest BCUT2D eigenvalue weighted by molar-refractivity contribution is -0.347. The van der Waals surface area contributed by atoms with Crippen LogP contribution in [0.1, 0.15) is 0 Å². The molecule has 0 aromatic carbocycles. The quantitative estimate of drug-likeness (QED) is 0.0576. The molecule has 32 nitrogen and oxygen atoms in total. The lowest BCUT2D eigenvalue weighted by atomic mass is 9.97. The van der Waals surface area contributed by atoms with Gasteiger partial charge >= 0.3 is 54.8 Å². The Balaban J connectivity index is 2.87. The van der Waals surface area contributed by atoms with Crippen LogP contribution in [-0.4, -0.2) is 148 Å². The molecule has 0 spiro atoms. The number of phosphoric ester groups is 7. The molecule has 0 bridgehead atoms. The Kier molecular flexibility index (Phi) is 16.3. The first kappa shape index (κ1) is 47.8. The highest BCUT2D eigenvalue weighted by molar-refractivity contribution is 7.47. The van der Waals surface area contributed by atoms with Crippen LogP contribution in [0, 0.1) is 0 Å². The molecule has 0 aromatic heterocycles. The molecule has 0 radical (unpaired) electrons. The minimum Gasteiger partial charge on any atom is -0.366 e. The number of hydrogen-bond acceptors (Lipinski definition) is 18. The first-order chi connectivity index (χ1) is 22.5. The molecular formula is C12H29O32P7. The summed E-state index contributed by atoms with van der Waals surface area (Å²) >= 11 is 0. The second-order valence-electron chi connectivity index (χ2n) is 9.58. The third-order valence-electron chi connectivity index (χ3n) is 5.60. The zero-order valence-electron chi connectivity index (χ0n) is 24.0.